The maximum Gasteiger partial charge on any atom is 0.353 e. The second kappa shape index (κ2) is 9.76. The fraction of sp³-hybridized carbons (Fsp3) is 0.227. The minimum atomic E-state index is -0.330. The Hall–Kier alpha value is -2.82. The maximum absolute atomic E-state index is 13.3. The molecule has 0 amide bonds. The SMILES string of the molecule is COc1ccc(CSc2nc3c(Br)c(CO)nn3c(=O)n2Cc2ccc(OC)cc2)cc1. The van der Waals surface area contributed by atoms with Gasteiger partial charge in [0.25, 0.3) is 0 Å². The first-order valence-corrected chi connectivity index (χ1v) is 11.5. The summed E-state index contributed by atoms with van der Waals surface area (Å²) in [5.41, 5.74) is 2.41. The van der Waals surface area contributed by atoms with Gasteiger partial charge in [-0.1, -0.05) is 36.0 Å². The van der Waals surface area contributed by atoms with Crippen LogP contribution in [-0.2, 0) is 18.9 Å². The van der Waals surface area contributed by atoms with Crippen LogP contribution in [0.15, 0.2) is 63.0 Å². The maximum atomic E-state index is 13.3. The zero-order chi connectivity index (χ0) is 22.7. The predicted molar refractivity (Wildman–Crippen MR) is 126 cm³/mol. The summed E-state index contributed by atoms with van der Waals surface area (Å²) in [5, 5.41) is 14.3. The lowest BCUT2D eigenvalue weighted by atomic mass is 10.2. The number of ether oxygens (including phenoxy) is 2. The van der Waals surface area contributed by atoms with Crippen LogP contribution in [0, 0.1) is 0 Å². The van der Waals surface area contributed by atoms with E-state index in [1.165, 1.54) is 16.3 Å². The predicted octanol–water partition coefficient (Wildman–Crippen LogP) is 3.50. The first-order chi connectivity index (χ1) is 15.5. The molecule has 2 aromatic carbocycles. The average Bonchev–Trinajstić information content (AvgIpc) is 3.16. The first kappa shape index (κ1) is 22.4. The Morgan fingerprint density at radius 2 is 1.59 bits per heavy atom. The highest BCUT2D eigenvalue weighted by atomic mass is 79.9. The van der Waals surface area contributed by atoms with E-state index in [1.54, 1.807) is 18.8 Å². The van der Waals surface area contributed by atoms with Gasteiger partial charge in [0, 0.05) is 5.75 Å². The summed E-state index contributed by atoms with van der Waals surface area (Å²) in [6.07, 6.45) is 0. The highest BCUT2D eigenvalue weighted by molar-refractivity contribution is 9.10. The molecule has 0 aliphatic rings. The van der Waals surface area contributed by atoms with Gasteiger partial charge in [0.15, 0.2) is 10.8 Å². The smallest absolute Gasteiger partial charge is 0.353 e. The molecule has 0 radical (unpaired) electrons. The molecule has 4 aromatic rings. The van der Waals surface area contributed by atoms with Crippen molar-refractivity contribution in [3.05, 3.63) is 80.3 Å². The van der Waals surface area contributed by atoms with Gasteiger partial charge in [0.2, 0.25) is 0 Å². The van der Waals surface area contributed by atoms with E-state index >= 15 is 0 Å². The van der Waals surface area contributed by atoms with Crippen molar-refractivity contribution < 1.29 is 14.6 Å². The van der Waals surface area contributed by atoms with Crippen LogP contribution in [-0.4, -0.2) is 38.5 Å². The van der Waals surface area contributed by atoms with E-state index in [9.17, 15) is 9.90 Å². The topological polar surface area (TPSA) is 90.9 Å². The standard InChI is InChI=1S/C22H21BrN4O4S/c1-30-16-7-3-14(4-8-16)11-26-21(32-13-15-5-9-17(31-2)10-6-15)24-20-19(23)18(12-28)25-27(20)22(26)29/h3-10,28H,11-13H2,1-2H3. The summed E-state index contributed by atoms with van der Waals surface area (Å²) in [7, 11) is 3.24. The van der Waals surface area contributed by atoms with Crippen molar-refractivity contribution in [1.29, 1.82) is 0 Å². The van der Waals surface area contributed by atoms with Crippen LogP contribution in [0.4, 0.5) is 0 Å². The molecule has 4 rings (SSSR count). The lowest BCUT2D eigenvalue weighted by Gasteiger charge is -2.13. The van der Waals surface area contributed by atoms with Crippen molar-refractivity contribution in [2.75, 3.05) is 14.2 Å². The van der Waals surface area contributed by atoms with E-state index in [1.807, 2.05) is 48.5 Å². The van der Waals surface area contributed by atoms with Gasteiger partial charge < -0.3 is 14.6 Å². The zero-order valence-corrected chi connectivity index (χ0v) is 19.9. The summed E-state index contributed by atoms with van der Waals surface area (Å²) < 4.78 is 13.8. The molecular weight excluding hydrogens is 496 g/mol. The normalized spacial score (nSPS) is 11.1. The van der Waals surface area contributed by atoms with Gasteiger partial charge in [-0.25, -0.2) is 9.78 Å². The monoisotopic (exact) mass is 516 g/mol. The van der Waals surface area contributed by atoms with E-state index in [0.717, 1.165) is 22.6 Å². The molecule has 0 saturated carbocycles. The van der Waals surface area contributed by atoms with Gasteiger partial charge in [0.05, 0.1) is 31.8 Å². The van der Waals surface area contributed by atoms with Crippen molar-refractivity contribution in [3.63, 3.8) is 0 Å². The Bertz CT molecular complexity index is 1290. The Labute approximate surface area is 196 Å². The molecule has 8 nitrogen and oxygen atoms in total. The van der Waals surface area contributed by atoms with E-state index in [2.05, 4.69) is 21.0 Å². The Morgan fingerprint density at radius 3 is 2.16 bits per heavy atom. The van der Waals surface area contributed by atoms with Crippen molar-refractivity contribution in [1.82, 2.24) is 19.2 Å². The minimum Gasteiger partial charge on any atom is -0.497 e. The molecule has 0 aliphatic heterocycles. The molecule has 0 saturated heterocycles. The molecular formula is C22H21BrN4O4S. The van der Waals surface area contributed by atoms with Gasteiger partial charge in [0.1, 0.15) is 17.2 Å². The number of nitrogens with zero attached hydrogens (tertiary/aromatic N) is 4. The van der Waals surface area contributed by atoms with Crippen LogP contribution in [0.25, 0.3) is 5.65 Å². The van der Waals surface area contributed by atoms with Gasteiger partial charge >= 0.3 is 5.69 Å². The molecule has 166 valence electrons. The number of halogens is 1. The molecule has 1 N–H and O–H groups in total. The van der Waals surface area contributed by atoms with Gasteiger partial charge in [-0.15, -0.1) is 0 Å². The third kappa shape index (κ3) is 4.52. The number of aromatic nitrogens is 4. The number of hydrogen-bond donors (Lipinski definition) is 1. The molecule has 32 heavy (non-hydrogen) atoms. The summed E-state index contributed by atoms with van der Waals surface area (Å²) in [6, 6.07) is 15.3. The summed E-state index contributed by atoms with van der Waals surface area (Å²) in [6.45, 7) is 0.0266. The Morgan fingerprint density at radius 1 is 1.00 bits per heavy atom. The van der Waals surface area contributed by atoms with E-state index < -0.39 is 0 Å². The highest BCUT2D eigenvalue weighted by Crippen LogP contribution is 2.26. The van der Waals surface area contributed by atoms with Crippen molar-refractivity contribution >= 4 is 33.3 Å². The summed E-state index contributed by atoms with van der Waals surface area (Å²) >= 11 is 4.87. The average molecular weight is 517 g/mol. The van der Waals surface area contributed by atoms with Crippen LogP contribution in [0.1, 0.15) is 16.8 Å². The highest BCUT2D eigenvalue weighted by Gasteiger charge is 2.18. The number of methoxy groups -OCH3 is 2. The second-order valence-electron chi connectivity index (χ2n) is 6.90. The molecule has 0 fully saturated rings. The molecule has 2 aromatic heterocycles. The molecule has 0 unspecified atom stereocenters. The number of fused-ring (bicyclic) bond motifs is 1. The molecule has 0 spiro atoms. The Balaban J connectivity index is 1.73. The van der Waals surface area contributed by atoms with Crippen LogP contribution in [0.5, 0.6) is 11.5 Å². The number of benzene rings is 2. The fourth-order valence-corrected chi connectivity index (χ4v) is 4.54. The molecule has 0 aliphatic carbocycles. The van der Waals surface area contributed by atoms with Gasteiger partial charge in [-0.2, -0.15) is 9.61 Å². The van der Waals surface area contributed by atoms with Gasteiger partial charge in [-0.3, -0.25) is 4.57 Å². The molecule has 0 atom stereocenters. The van der Waals surface area contributed by atoms with Crippen molar-refractivity contribution in [3.8, 4) is 11.5 Å². The number of aliphatic hydroxyl groups is 1. The molecule has 0 bridgehead atoms. The number of thioether (sulfide) groups is 1. The van der Waals surface area contributed by atoms with Crippen LogP contribution in [0.2, 0.25) is 0 Å². The number of aliphatic hydroxyl groups excluding tert-OH is 1. The minimum absolute atomic E-state index is 0.295. The fourth-order valence-electron chi connectivity index (χ4n) is 3.14. The second-order valence-corrected chi connectivity index (χ2v) is 8.64. The first-order valence-electron chi connectivity index (χ1n) is 9.71. The Kier molecular flexibility index (Phi) is 6.83. The quantitative estimate of drug-likeness (QED) is 0.358. The largest absolute Gasteiger partial charge is 0.497 e. The lowest BCUT2D eigenvalue weighted by Crippen LogP contribution is -2.30. The van der Waals surface area contributed by atoms with Crippen LogP contribution < -0.4 is 15.2 Å². The van der Waals surface area contributed by atoms with Crippen LogP contribution in [0.3, 0.4) is 0 Å². The molecule has 10 heteroatoms. The third-order valence-electron chi connectivity index (χ3n) is 4.89. The lowest BCUT2D eigenvalue weighted by molar-refractivity contribution is 0.275. The van der Waals surface area contributed by atoms with E-state index in [-0.39, 0.29) is 12.3 Å². The summed E-state index contributed by atoms with van der Waals surface area (Å²) in [4.78, 5) is 18.0. The van der Waals surface area contributed by atoms with E-state index in [4.69, 9.17) is 14.5 Å². The van der Waals surface area contributed by atoms with Crippen molar-refractivity contribution in [2.24, 2.45) is 0 Å². The number of rotatable bonds is 8. The zero-order valence-electron chi connectivity index (χ0n) is 17.5. The van der Waals surface area contributed by atoms with Gasteiger partial charge in [-0.05, 0) is 51.3 Å². The van der Waals surface area contributed by atoms with E-state index in [0.29, 0.717) is 33.3 Å². The summed E-state index contributed by atoms with van der Waals surface area (Å²) in [5.74, 6) is 2.15. The molecule has 2 heterocycles. The third-order valence-corrected chi connectivity index (χ3v) is 6.75. The number of hydrogen-bond acceptors (Lipinski definition) is 7. The van der Waals surface area contributed by atoms with Crippen LogP contribution >= 0.6 is 27.7 Å². The van der Waals surface area contributed by atoms with Crippen molar-refractivity contribution in [2.45, 2.75) is 24.1 Å².